The van der Waals surface area contributed by atoms with Crippen LogP contribution in [0.25, 0.3) is 5.69 Å². The highest BCUT2D eigenvalue weighted by Crippen LogP contribution is 2.16. The molecule has 0 saturated carbocycles. The lowest BCUT2D eigenvalue weighted by Crippen LogP contribution is -2.38. The fourth-order valence-corrected chi connectivity index (χ4v) is 3.48. The standard InChI is InChI=1S/C19H25N7S.HI/c1-4-21-19(22-10-9-18-25-14(2)15(3)27-18)23-11-16-5-7-17(8-6-16)26-13-20-12-24-26;/h5-8,12-13H,4,9-11H2,1-3H3,(H2,21,22,23);1H. The molecule has 0 fully saturated rings. The number of halogens is 1. The molecule has 2 aromatic heterocycles. The van der Waals surface area contributed by atoms with Gasteiger partial charge in [-0.05, 0) is 38.5 Å². The lowest BCUT2D eigenvalue weighted by Gasteiger charge is -2.10. The van der Waals surface area contributed by atoms with Gasteiger partial charge in [-0.25, -0.2) is 19.6 Å². The molecule has 9 heteroatoms. The molecular formula is C19H26IN7S. The first kappa shape index (κ1) is 22.3. The third-order valence-corrected chi connectivity index (χ3v) is 5.22. The maximum Gasteiger partial charge on any atom is 0.191 e. The van der Waals surface area contributed by atoms with Crippen LogP contribution >= 0.6 is 35.3 Å². The second-order valence-electron chi connectivity index (χ2n) is 6.13. The summed E-state index contributed by atoms with van der Waals surface area (Å²) < 4.78 is 1.74. The predicted octanol–water partition coefficient (Wildman–Crippen LogP) is 3.26. The number of thiazole rings is 1. The van der Waals surface area contributed by atoms with E-state index in [1.54, 1.807) is 22.3 Å². The van der Waals surface area contributed by atoms with E-state index in [0.717, 1.165) is 47.4 Å². The Hall–Kier alpha value is -2.01. The number of hydrogen-bond acceptors (Lipinski definition) is 5. The van der Waals surface area contributed by atoms with Gasteiger partial charge in [-0.2, -0.15) is 5.10 Å². The van der Waals surface area contributed by atoms with E-state index in [1.165, 1.54) is 11.2 Å². The quantitative estimate of drug-likeness (QED) is 0.289. The Bertz CT molecular complexity index is 853. The van der Waals surface area contributed by atoms with E-state index < -0.39 is 0 Å². The average Bonchev–Trinajstić information content (AvgIpc) is 3.31. The summed E-state index contributed by atoms with van der Waals surface area (Å²) in [4.78, 5) is 14.5. The van der Waals surface area contributed by atoms with Gasteiger partial charge in [0.1, 0.15) is 12.7 Å². The van der Waals surface area contributed by atoms with Crippen LogP contribution in [0.1, 0.15) is 28.1 Å². The van der Waals surface area contributed by atoms with Crippen molar-refractivity contribution >= 4 is 41.3 Å². The summed E-state index contributed by atoms with van der Waals surface area (Å²) in [6.07, 6.45) is 4.11. The van der Waals surface area contributed by atoms with Crippen molar-refractivity contribution < 1.29 is 0 Å². The molecular weight excluding hydrogens is 485 g/mol. The van der Waals surface area contributed by atoms with Crippen LogP contribution < -0.4 is 10.6 Å². The second kappa shape index (κ2) is 11.1. The summed E-state index contributed by atoms with van der Waals surface area (Å²) in [5, 5.41) is 12.0. The summed E-state index contributed by atoms with van der Waals surface area (Å²) in [6, 6.07) is 8.16. The van der Waals surface area contributed by atoms with Crippen molar-refractivity contribution in [2.45, 2.75) is 33.7 Å². The minimum atomic E-state index is 0. The predicted molar refractivity (Wildman–Crippen MR) is 125 cm³/mol. The van der Waals surface area contributed by atoms with Crippen LogP contribution in [-0.2, 0) is 13.0 Å². The van der Waals surface area contributed by atoms with Crippen LogP contribution in [0.2, 0.25) is 0 Å². The molecule has 2 N–H and O–H groups in total. The first-order valence-corrected chi connectivity index (χ1v) is 9.86. The number of aryl methyl sites for hydroxylation is 2. The second-order valence-corrected chi connectivity index (χ2v) is 7.42. The van der Waals surface area contributed by atoms with Crippen LogP contribution in [0.4, 0.5) is 0 Å². The molecule has 0 unspecified atom stereocenters. The van der Waals surface area contributed by atoms with Crippen LogP contribution in [0.3, 0.4) is 0 Å². The van der Waals surface area contributed by atoms with Crippen LogP contribution in [0.15, 0.2) is 41.9 Å². The molecule has 7 nitrogen and oxygen atoms in total. The van der Waals surface area contributed by atoms with Crippen molar-refractivity contribution in [2.24, 2.45) is 4.99 Å². The summed E-state index contributed by atoms with van der Waals surface area (Å²) in [5.74, 6) is 0.822. The van der Waals surface area contributed by atoms with Crippen molar-refractivity contribution in [1.82, 2.24) is 30.4 Å². The monoisotopic (exact) mass is 511 g/mol. The molecule has 0 amide bonds. The third kappa shape index (κ3) is 6.26. The van der Waals surface area contributed by atoms with Crippen molar-refractivity contribution in [3.8, 4) is 5.69 Å². The molecule has 3 aromatic rings. The van der Waals surface area contributed by atoms with E-state index in [4.69, 9.17) is 0 Å². The number of rotatable bonds is 7. The Kier molecular flexibility index (Phi) is 8.84. The van der Waals surface area contributed by atoms with E-state index in [0.29, 0.717) is 6.54 Å². The first-order valence-electron chi connectivity index (χ1n) is 9.04. The average molecular weight is 511 g/mol. The maximum atomic E-state index is 4.67. The van der Waals surface area contributed by atoms with Crippen LogP contribution in [0, 0.1) is 13.8 Å². The molecule has 3 rings (SSSR count). The van der Waals surface area contributed by atoms with Crippen LogP contribution in [0.5, 0.6) is 0 Å². The highest BCUT2D eigenvalue weighted by atomic mass is 127. The van der Waals surface area contributed by atoms with Gasteiger partial charge in [0.05, 0.1) is 22.9 Å². The Morgan fingerprint density at radius 3 is 2.57 bits per heavy atom. The molecule has 2 heterocycles. The molecule has 0 aliphatic carbocycles. The summed E-state index contributed by atoms with van der Waals surface area (Å²) in [5.41, 5.74) is 3.26. The minimum absolute atomic E-state index is 0. The molecule has 0 aliphatic heterocycles. The molecule has 1 aromatic carbocycles. The van der Waals surface area contributed by atoms with E-state index >= 15 is 0 Å². The van der Waals surface area contributed by atoms with Gasteiger partial charge in [0, 0.05) is 24.4 Å². The lowest BCUT2D eigenvalue weighted by atomic mass is 10.2. The normalized spacial score (nSPS) is 11.2. The molecule has 0 atom stereocenters. The zero-order valence-electron chi connectivity index (χ0n) is 16.3. The summed E-state index contributed by atoms with van der Waals surface area (Å²) in [6.45, 7) is 8.49. The zero-order valence-corrected chi connectivity index (χ0v) is 19.5. The van der Waals surface area contributed by atoms with Gasteiger partial charge in [-0.3, -0.25) is 0 Å². The van der Waals surface area contributed by atoms with Gasteiger partial charge in [0.15, 0.2) is 5.96 Å². The highest BCUT2D eigenvalue weighted by molar-refractivity contribution is 14.0. The molecule has 0 aliphatic rings. The largest absolute Gasteiger partial charge is 0.357 e. The fraction of sp³-hybridized carbons (Fsp3) is 0.368. The number of nitrogens with zero attached hydrogens (tertiary/aromatic N) is 5. The number of guanidine groups is 1. The smallest absolute Gasteiger partial charge is 0.191 e. The number of nitrogens with one attached hydrogen (secondary N) is 2. The van der Waals surface area contributed by atoms with Crippen LogP contribution in [-0.4, -0.2) is 38.8 Å². The number of aliphatic imine (C=N–C) groups is 1. The van der Waals surface area contributed by atoms with Crippen molar-refractivity contribution in [3.63, 3.8) is 0 Å². The third-order valence-electron chi connectivity index (χ3n) is 4.09. The summed E-state index contributed by atoms with van der Waals surface area (Å²) >= 11 is 1.77. The van der Waals surface area contributed by atoms with E-state index in [-0.39, 0.29) is 24.0 Å². The number of hydrogen-bond donors (Lipinski definition) is 2. The van der Waals surface area contributed by atoms with Crippen molar-refractivity contribution in [2.75, 3.05) is 13.1 Å². The number of aromatic nitrogens is 4. The van der Waals surface area contributed by atoms with Gasteiger partial charge in [0.25, 0.3) is 0 Å². The van der Waals surface area contributed by atoms with Gasteiger partial charge >= 0.3 is 0 Å². The minimum Gasteiger partial charge on any atom is -0.357 e. The first-order chi connectivity index (χ1) is 13.2. The Morgan fingerprint density at radius 2 is 1.96 bits per heavy atom. The topological polar surface area (TPSA) is 80.0 Å². The molecule has 28 heavy (non-hydrogen) atoms. The fourth-order valence-electron chi connectivity index (χ4n) is 2.54. The maximum absolute atomic E-state index is 4.67. The molecule has 150 valence electrons. The molecule has 0 saturated heterocycles. The Morgan fingerprint density at radius 1 is 1.18 bits per heavy atom. The van der Waals surface area contributed by atoms with Gasteiger partial charge in [0.2, 0.25) is 0 Å². The Balaban J connectivity index is 0.00000280. The molecule has 0 bridgehead atoms. The van der Waals surface area contributed by atoms with Gasteiger partial charge < -0.3 is 10.6 Å². The highest BCUT2D eigenvalue weighted by Gasteiger charge is 2.04. The molecule has 0 spiro atoms. The van der Waals surface area contributed by atoms with E-state index in [9.17, 15) is 0 Å². The Labute approximate surface area is 186 Å². The number of benzene rings is 1. The SMILES string of the molecule is CCNC(=NCc1ccc(-n2cncn2)cc1)NCCc1nc(C)c(C)s1.I. The van der Waals surface area contributed by atoms with Crippen molar-refractivity contribution in [1.29, 1.82) is 0 Å². The zero-order chi connectivity index (χ0) is 19.1. The van der Waals surface area contributed by atoms with Crippen molar-refractivity contribution in [3.05, 3.63) is 58.1 Å². The lowest BCUT2D eigenvalue weighted by molar-refractivity contribution is 0.795. The van der Waals surface area contributed by atoms with E-state index in [1.807, 2.05) is 12.1 Å². The van der Waals surface area contributed by atoms with Gasteiger partial charge in [-0.1, -0.05) is 12.1 Å². The summed E-state index contributed by atoms with van der Waals surface area (Å²) in [7, 11) is 0. The van der Waals surface area contributed by atoms with Gasteiger partial charge in [-0.15, -0.1) is 35.3 Å². The van der Waals surface area contributed by atoms with E-state index in [2.05, 4.69) is 63.6 Å². The molecule has 0 radical (unpaired) electrons.